The zero-order valence-electron chi connectivity index (χ0n) is 7.50. The average molecular weight is 329 g/mol. The minimum absolute atomic E-state index is 0.0281. The van der Waals surface area contributed by atoms with Crippen LogP contribution >= 0.6 is 22.6 Å². The Hall–Kier alpha value is -0.990. The van der Waals surface area contributed by atoms with Crippen molar-refractivity contribution < 1.29 is 23.4 Å². The van der Waals surface area contributed by atoms with Gasteiger partial charge in [-0.2, -0.15) is 0 Å². The van der Waals surface area contributed by atoms with Gasteiger partial charge in [0.25, 0.3) is 6.43 Å². The fourth-order valence-electron chi connectivity index (χ4n) is 0.984. The molecule has 0 aromatic carbocycles. The molecule has 82 valence electrons. The molecule has 0 atom stereocenters. The van der Waals surface area contributed by atoms with Gasteiger partial charge < -0.3 is 9.84 Å². The predicted octanol–water partition coefficient (Wildman–Crippen LogP) is 2.33. The fraction of sp³-hybridized carbons (Fsp3) is 0.250. The summed E-state index contributed by atoms with van der Waals surface area (Å²) in [6.07, 6.45) is -2.94. The quantitative estimate of drug-likeness (QED) is 0.865. The Morgan fingerprint density at radius 3 is 2.67 bits per heavy atom. The standard InChI is InChI=1S/C8H6F2INO3/c1-15-4-2-3(11)5(8(13)14)6(12-4)7(9)10/h2,7H,1H3,(H,13,14). The number of ether oxygens (including phenoxy) is 1. The Balaban J connectivity index is 3.42. The molecule has 0 bridgehead atoms. The summed E-state index contributed by atoms with van der Waals surface area (Å²) in [7, 11) is 1.27. The van der Waals surface area contributed by atoms with E-state index < -0.39 is 23.7 Å². The van der Waals surface area contributed by atoms with Gasteiger partial charge in [-0.25, -0.2) is 18.6 Å². The molecule has 0 fully saturated rings. The molecule has 0 aliphatic heterocycles. The Labute approximate surface area is 97.4 Å². The van der Waals surface area contributed by atoms with Crippen molar-refractivity contribution in [1.29, 1.82) is 0 Å². The maximum absolute atomic E-state index is 12.5. The van der Waals surface area contributed by atoms with Gasteiger partial charge in [0.2, 0.25) is 5.88 Å². The number of hydrogen-bond donors (Lipinski definition) is 1. The van der Waals surface area contributed by atoms with Crippen molar-refractivity contribution in [2.75, 3.05) is 7.11 Å². The minimum Gasteiger partial charge on any atom is -0.481 e. The van der Waals surface area contributed by atoms with E-state index in [0.29, 0.717) is 0 Å². The van der Waals surface area contributed by atoms with Crippen LogP contribution in [0.4, 0.5) is 8.78 Å². The number of methoxy groups -OCH3 is 1. The van der Waals surface area contributed by atoms with Gasteiger partial charge in [-0.05, 0) is 22.6 Å². The van der Waals surface area contributed by atoms with Crippen molar-refractivity contribution in [2.45, 2.75) is 6.43 Å². The molecule has 0 radical (unpaired) electrons. The lowest BCUT2D eigenvalue weighted by Gasteiger charge is -2.08. The van der Waals surface area contributed by atoms with Crippen LogP contribution < -0.4 is 4.74 Å². The first-order chi connectivity index (χ1) is 6.97. The first-order valence-electron chi connectivity index (χ1n) is 3.73. The second-order valence-corrected chi connectivity index (χ2v) is 3.67. The van der Waals surface area contributed by atoms with Gasteiger partial charge in [0.15, 0.2) is 0 Å². The van der Waals surface area contributed by atoms with Crippen LogP contribution in [-0.4, -0.2) is 23.2 Å². The zero-order valence-corrected chi connectivity index (χ0v) is 9.66. The van der Waals surface area contributed by atoms with Crippen molar-refractivity contribution in [3.63, 3.8) is 0 Å². The van der Waals surface area contributed by atoms with Gasteiger partial charge >= 0.3 is 5.97 Å². The van der Waals surface area contributed by atoms with E-state index >= 15 is 0 Å². The molecule has 1 N–H and O–H groups in total. The van der Waals surface area contributed by atoms with Crippen LogP contribution in [0.5, 0.6) is 5.88 Å². The predicted molar refractivity (Wildman–Crippen MR) is 55.4 cm³/mol. The lowest BCUT2D eigenvalue weighted by molar-refractivity contribution is 0.0680. The van der Waals surface area contributed by atoms with Crippen molar-refractivity contribution in [3.05, 3.63) is 20.9 Å². The van der Waals surface area contributed by atoms with E-state index in [4.69, 9.17) is 5.11 Å². The van der Waals surface area contributed by atoms with Crippen LogP contribution in [-0.2, 0) is 0 Å². The molecule has 0 saturated heterocycles. The number of halogens is 3. The van der Waals surface area contributed by atoms with E-state index in [1.54, 1.807) is 22.6 Å². The summed E-state index contributed by atoms with van der Waals surface area (Å²) in [4.78, 5) is 14.1. The highest BCUT2D eigenvalue weighted by molar-refractivity contribution is 14.1. The number of rotatable bonds is 3. The number of pyridine rings is 1. The number of aromatic carboxylic acids is 1. The molecule has 0 spiro atoms. The topological polar surface area (TPSA) is 59.4 Å². The van der Waals surface area contributed by atoms with Crippen LogP contribution in [0.15, 0.2) is 6.07 Å². The summed E-state index contributed by atoms with van der Waals surface area (Å²) in [5.74, 6) is -1.45. The molecule has 0 saturated carbocycles. The Morgan fingerprint density at radius 1 is 1.67 bits per heavy atom. The van der Waals surface area contributed by atoms with Gasteiger partial charge in [0, 0.05) is 9.64 Å². The number of carboxylic acid groups (broad SMARTS) is 1. The van der Waals surface area contributed by atoms with E-state index in [9.17, 15) is 13.6 Å². The molecule has 0 unspecified atom stereocenters. The average Bonchev–Trinajstić information content (AvgIpc) is 2.15. The molecule has 1 aromatic rings. The van der Waals surface area contributed by atoms with E-state index in [-0.39, 0.29) is 9.45 Å². The van der Waals surface area contributed by atoms with Crippen LogP contribution in [0.2, 0.25) is 0 Å². The molecule has 1 heterocycles. The molecular weight excluding hydrogens is 323 g/mol. The Kier molecular flexibility index (Phi) is 3.77. The van der Waals surface area contributed by atoms with Crippen LogP contribution in [0.1, 0.15) is 22.5 Å². The number of carboxylic acids is 1. The maximum atomic E-state index is 12.5. The first kappa shape index (κ1) is 12.1. The summed E-state index contributed by atoms with van der Waals surface area (Å²) in [6, 6.07) is 1.29. The van der Waals surface area contributed by atoms with Crippen molar-refractivity contribution >= 4 is 28.6 Å². The Bertz CT molecular complexity index is 398. The third-order valence-corrected chi connectivity index (χ3v) is 2.46. The number of carbonyl (C=O) groups is 1. The van der Waals surface area contributed by atoms with Crippen molar-refractivity contribution in [1.82, 2.24) is 4.98 Å². The molecule has 0 amide bonds. The third kappa shape index (κ3) is 2.52. The van der Waals surface area contributed by atoms with Gasteiger partial charge in [-0.15, -0.1) is 0 Å². The highest BCUT2D eigenvalue weighted by Gasteiger charge is 2.23. The van der Waals surface area contributed by atoms with Crippen molar-refractivity contribution in [3.8, 4) is 5.88 Å². The molecule has 1 rings (SSSR count). The van der Waals surface area contributed by atoms with Crippen LogP contribution in [0, 0.1) is 3.57 Å². The van der Waals surface area contributed by atoms with Gasteiger partial charge in [0.05, 0.1) is 7.11 Å². The second kappa shape index (κ2) is 4.69. The molecule has 0 aliphatic carbocycles. The van der Waals surface area contributed by atoms with Gasteiger partial charge in [-0.1, -0.05) is 0 Å². The second-order valence-electron chi connectivity index (χ2n) is 2.51. The smallest absolute Gasteiger partial charge is 0.338 e. The summed E-state index contributed by atoms with van der Waals surface area (Å²) in [6.45, 7) is 0. The third-order valence-electron chi connectivity index (χ3n) is 1.61. The summed E-state index contributed by atoms with van der Waals surface area (Å²) in [5, 5.41) is 8.74. The maximum Gasteiger partial charge on any atom is 0.338 e. The molecule has 15 heavy (non-hydrogen) atoms. The lowest BCUT2D eigenvalue weighted by atomic mass is 10.2. The van der Waals surface area contributed by atoms with Crippen LogP contribution in [0.3, 0.4) is 0 Å². The summed E-state index contributed by atoms with van der Waals surface area (Å²) in [5.41, 5.74) is -1.25. The first-order valence-corrected chi connectivity index (χ1v) is 4.81. The SMILES string of the molecule is COc1cc(I)c(C(=O)O)c(C(F)F)n1. The van der Waals surface area contributed by atoms with E-state index in [1.807, 2.05) is 0 Å². The number of aromatic nitrogens is 1. The molecular formula is C8H6F2INO3. The number of alkyl halides is 2. The van der Waals surface area contributed by atoms with E-state index in [0.717, 1.165) is 0 Å². The molecule has 0 aliphatic rings. The van der Waals surface area contributed by atoms with E-state index in [2.05, 4.69) is 9.72 Å². The summed E-state index contributed by atoms with van der Waals surface area (Å²) >= 11 is 1.65. The number of hydrogen-bond acceptors (Lipinski definition) is 3. The van der Waals surface area contributed by atoms with Crippen LogP contribution in [0.25, 0.3) is 0 Å². The molecule has 1 aromatic heterocycles. The highest BCUT2D eigenvalue weighted by atomic mass is 127. The summed E-state index contributed by atoms with van der Waals surface area (Å²) < 4.78 is 29.8. The van der Waals surface area contributed by atoms with Gasteiger partial charge in [0.1, 0.15) is 11.3 Å². The molecule has 4 nitrogen and oxygen atoms in total. The lowest BCUT2D eigenvalue weighted by Crippen LogP contribution is -2.09. The van der Waals surface area contributed by atoms with Crippen molar-refractivity contribution in [2.24, 2.45) is 0 Å². The largest absolute Gasteiger partial charge is 0.481 e. The van der Waals surface area contributed by atoms with Gasteiger partial charge in [-0.3, -0.25) is 0 Å². The number of nitrogens with zero attached hydrogens (tertiary/aromatic N) is 1. The zero-order chi connectivity index (χ0) is 11.6. The highest BCUT2D eigenvalue weighted by Crippen LogP contribution is 2.27. The molecule has 7 heteroatoms. The fourth-order valence-corrected chi connectivity index (χ4v) is 1.76. The minimum atomic E-state index is -2.94. The van der Waals surface area contributed by atoms with E-state index in [1.165, 1.54) is 13.2 Å². The normalized spacial score (nSPS) is 10.5. The Morgan fingerprint density at radius 2 is 2.27 bits per heavy atom. The monoisotopic (exact) mass is 329 g/mol.